The van der Waals surface area contributed by atoms with E-state index in [9.17, 15) is 24.3 Å². The number of aliphatic hydroxyl groups is 1. The van der Waals surface area contributed by atoms with Gasteiger partial charge in [0.25, 0.3) is 5.91 Å². The van der Waals surface area contributed by atoms with Gasteiger partial charge in [0, 0.05) is 25.7 Å². The Morgan fingerprint density at radius 1 is 1.06 bits per heavy atom. The maximum absolute atomic E-state index is 15.0. The van der Waals surface area contributed by atoms with Crippen LogP contribution in [0.4, 0.5) is 5.69 Å². The number of rotatable bonds is 15. The van der Waals surface area contributed by atoms with Crippen LogP contribution in [0.15, 0.2) is 98.1 Å². The highest BCUT2D eigenvalue weighted by Crippen LogP contribution is 2.59. The second-order valence-electron chi connectivity index (χ2n) is 14.2. The van der Waals surface area contributed by atoms with Gasteiger partial charge in [0.15, 0.2) is 0 Å². The molecule has 3 heterocycles. The van der Waals surface area contributed by atoms with Crippen LogP contribution in [0.1, 0.15) is 57.6 Å². The molecular formula is C42H49N3O7. The van der Waals surface area contributed by atoms with Gasteiger partial charge in [-0.3, -0.25) is 19.2 Å². The number of hydrogen-bond donors (Lipinski definition) is 1. The molecule has 0 saturated carbocycles. The van der Waals surface area contributed by atoms with Gasteiger partial charge >= 0.3 is 5.97 Å². The number of allylic oxidation sites excluding steroid dienone is 1. The van der Waals surface area contributed by atoms with Crippen LogP contribution in [0.25, 0.3) is 10.8 Å². The number of carbonyl (C=O) groups is 4. The maximum Gasteiger partial charge on any atom is 0.313 e. The van der Waals surface area contributed by atoms with Crippen LogP contribution < -0.4 is 4.90 Å². The second kappa shape index (κ2) is 15.4. The van der Waals surface area contributed by atoms with Crippen LogP contribution in [0.2, 0.25) is 0 Å². The zero-order chi connectivity index (χ0) is 37.2. The van der Waals surface area contributed by atoms with E-state index in [1.165, 1.54) is 4.90 Å². The Bertz CT molecular complexity index is 1830. The molecule has 3 aromatic carbocycles. The number of carbonyl (C=O) groups excluding carboxylic acids is 4. The van der Waals surface area contributed by atoms with Gasteiger partial charge in [-0.2, -0.15) is 0 Å². The Kier molecular flexibility index (Phi) is 11.0. The molecular weight excluding hydrogens is 658 g/mol. The summed E-state index contributed by atoms with van der Waals surface area (Å²) in [6.45, 7) is 11.1. The van der Waals surface area contributed by atoms with Crippen molar-refractivity contribution in [1.82, 2.24) is 9.80 Å². The molecule has 3 aliphatic rings. The zero-order valence-corrected chi connectivity index (χ0v) is 30.2. The van der Waals surface area contributed by atoms with Crippen LogP contribution >= 0.6 is 0 Å². The largest absolute Gasteiger partial charge is 0.455 e. The maximum atomic E-state index is 15.0. The number of anilines is 1. The molecule has 3 aliphatic heterocycles. The van der Waals surface area contributed by atoms with E-state index in [-0.39, 0.29) is 31.4 Å². The highest BCUT2D eigenvalue weighted by atomic mass is 16.6. The van der Waals surface area contributed by atoms with Gasteiger partial charge in [-0.25, -0.2) is 0 Å². The predicted octanol–water partition coefficient (Wildman–Crippen LogP) is 5.60. The van der Waals surface area contributed by atoms with E-state index in [0.29, 0.717) is 36.9 Å². The molecule has 0 aromatic heterocycles. The lowest BCUT2D eigenvalue weighted by Gasteiger charge is -2.39. The summed E-state index contributed by atoms with van der Waals surface area (Å²) in [6, 6.07) is 20.6. The van der Waals surface area contributed by atoms with E-state index in [2.05, 4.69) is 13.2 Å². The number of nitrogens with zero attached hydrogens (tertiary/aromatic N) is 3. The van der Waals surface area contributed by atoms with E-state index in [1.54, 1.807) is 29.0 Å². The van der Waals surface area contributed by atoms with Crippen molar-refractivity contribution in [3.63, 3.8) is 0 Å². The first-order chi connectivity index (χ1) is 25.1. The molecule has 2 bridgehead atoms. The topological polar surface area (TPSA) is 117 Å². The predicted molar refractivity (Wildman–Crippen MR) is 199 cm³/mol. The van der Waals surface area contributed by atoms with Crippen LogP contribution in [0.5, 0.6) is 0 Å². The number of benzene rings is 3. The third-order valence-corrected chi connectivity index (χ3v) is 11.3. The SMILES string of the molecule is C=CCCC(=O)N(C)[C@@H](C)[C@@H](OC(=O)[C@@H]1[C@@H]2CC[C@]3(O2)[C@H](C(=O)N(CC=C)c2ccc4ccccc4c2)N([C@@H](CC)CO)C(=O)[C@@H]13)c1ccccc1. The Labute approximate surface area is 305 Å². The fraction of sp³-hybridized carbons (Fsp3) is 0.429. The number of ether oxygens (including phenoxy) is 2. The van der Waals surface area contributed by atoms with Crippen molar-refractivity contribution in [2.75, 3.05) is 25.1 Å². The highest BCUT2D eigenvalue weighted by Gasteiger charge is 2.75. The molecule has 3 fully saturated rings. The zero-order valence-electron chi connectivity index (χ0n) is 30.2. The standard InChI is InChI=1S/C42H49N3O7/c1-6-9-19-34(47)43(5)27(4)37(29-16-11-10-12-17-29)51-41(50)35-33-22-23-42(52-33)36(35)39(48)45(31(8-3)26-46)38(42)40(49)44(24-7-2)32-21-20-28-15-13-14-18-30(28)25-32/h6-7,10-18,20-21,25,27,31,33,35-38,46H,1-2,8-9,19,22-24,26H2,3-5H3/t27-,31-,33-,35+,36+,37+,38-,42+/m0/s1. The van der Waals surface area contributed by atoms with Crippen molar-refractivity contribution in [2.45, 2.75) is 81.9 Å². The summed E-state index contributed by atoms with van der Waals surface area (Å²) in [5, 5.41) is 12.5. The van der Waals surface area contributed by atoms with Crippen molar-refractivity contribution in [2.24, 2.45) is 11.8 Å². The molecule has 8 atom stereocenters. The van der Waals surface area contributed by atoms with Crippen molar-refractivity contribution >= 4 is 40.2 Å². The first-order valence-corrected chi connectivity index (χ1v) is 18.3. The molecule has 1 spiro atoms. The molecule has 0 radical (unpaired) electrons. The van der Waals surface area contributed by atoms with Gasteiger partial charge in [-0.15, -0.1) is 13.2 Å². The number of hydrogen-bond acceptors (Lipinski definition) is 7. The molecule has 0 aliphatic carbocycles. The van der Waals surface area contributed by atoms with E-state index in [4.69, 9.17) is 9.47 Å². The van der Waals surface area contributed by atoms with Crippen molar-refractivity contribution in [3.05, 3.63) is 104 Å². The first-order valence-electron chi connectivity index (χ1n) is 18.3. The summed E-state index contributed by atoms with van der Waals surface area (Å²) in [5.41, 5.74) is 0.0507. The monoisotopic (exact) mass is 707 g/mol. The number of fused-ring (bicyclic) bond motifs is 2. The number of likely N-dealkylation sites (N-methyl/N-ethyl adjacent to an activating group) is 1. The minimum atomic E-state index is -1.30. The molecule has 3 saturated heterocycles. The number of esters is 1. The van der Waals surface area contributed by atoms with E-state index < -0.39 is 59.6 Å². The van der Waals surface area contributed by atoms with Crippen molar-refractivity contribution in [1.29, 1.82) is 0 Å². The Morgan fingerprint density at radius 3 is 2.44 bits per heavy atom. The molecule has 0 unspecified atom stereocenters. The average molecular weight is 708 g/mol. The molecule has 52 heavy (non-hydrogen) atoms. The van der Waals surface area contributed by atoms with Crippen LogP contribution in [0, 0.1) is 11.8 Å². The third-order valence-electron chi connectivity index (χ3n) is 11.3. The van der Waals surface area contributed by atoms with Gasteiger partial charge in [-0.1, -0.05) is 79.7 Å². The minimum absolute atomic E-state index is 0.111. The van der Waals surface area contributed by atoms with Crippen LogP contribution in [0.3, 0.4) is 0 Å². The molecule has 3 amide bonds. The normalized spacial score (nSPS) is 24.9. The number of aliphatic hydroxyl groups excluding tert-OH is 1. The molecule has 10 nitrogen and oxygen atoms in total. The van der Waals surface area contributed by atoms with E-state index >= 15 is 0 Å². The lowest BCUT2D eigenvalue weighted by molar-refractivity contribution is -0.165. The fourth-order valence-electron chi connectivity index (χ4n) is 8.51. The third kappa shape index (κ3) is 6.43. The van der Waals surface area contributed by atoms with Gasteiger partial charge in [0.05, 0.1) is 36.6 Å². The molecule has 3 aromatic rings. The molecule has 1 N–H and O–H groups in total. The Hall–Kier alpha value is -4.80. The molecule has 6 rings (SSSR count). The first kappa shape index (κ1) is 37.0. The number of amides is 3. The minimum Gasteiger partial charge on any atom is -0.455 e. The van der Waals surface area contributed by atoms with Gasteiger partial charge in [0.1, 0.15) is 17.7 Å². The molecule has 10 heteroatoms. The van der Waals surface area contributed by atoms with Crippen molar-refractivity contribution < 1.29 is 33.8 Å². The lowest BCUT2D eigenvalue weighted by Crippen LogP contribution is -2.59. The second-order valence-corrected chi connectivity index (χ2v) is 14.2. The van der Waals surface area contributed by atoms with E-state index in [0.717, 1.165) is 10.8 Å². The van der Waals surface area contributed by atoms with Crippen molar-refractivity contribution in [3.8, 4) is 0 Å². The summed E-state index contributed by atoms with van der Waals surface area (Å²) >= 11 is 0. The lowest BCUT2D eigenvalue weighted by atomic mass is 9.70. The highest BCUT2D eigenvalue weighted by molar-refractivity contribution is 6.05. The smallest absolute Gasteiger partial charge is 0.313 e. The van der Waals surface area contributed by atoms with Gasteiger partial charge < -0.3 is 29.3 Å². The van der Waals surface area contributed by atoms with Crippen LogP contribution in [-0.2, 0) is 28.7 Å². The fourth-order valence-corrected chi connectivity index (χ4v) is 8.51. The summed E-state index contributed by atoms with van der Waals surface area (Å²) < 4.78 is 13.1. The van der Waals surface area contributed by atoms with E-state index in [1.807, 2.05) is 86.6 Å². The summed E-state index contributed by atoms with van der Waals surface area (Å²) in [4.78, 5) is 61.9. The summed E-state index contributed by atoms with van der Waals surface area (Å²) in [5.74, 6) is -3.45. The Morgan fingerprint density at radius 2 is 1.77 bits per heavy atom. The number of likely N-dealkylation sites (tertiary alicyclic amines) is 1. The average Bonchev–Trinajstić information content (AvgIpc) is 3.82. The summed E-state index contributed by atoms with van der Waals surface area (Å²) in [6.07, 6.45) is 3.90. The van der Waals surface area contributed by atoms with Crippen LogP contribution in [-0.4, -0.2) is 88.6 Å². The van der Waals surface area contributed by atoms with Gasteiger partial charge in [-0.05, 0) is 61.1 Å². The molecule has 274 valence electrons. The van der Waals surface area contributed by atoms with Gasteiger partial charge in [0.2, 0.25) is 11.8 Å². The summed E-state index contributed by atoms with van der Waals surface area (Å²) in [7, 11) is 1.69. The quantitative estimate of drug-likeness (QED) is 0.162. The Balaban J connectivity index is 1.36.